The molecule has 1 unspecified atom stereocenters. The summed E-state index contributed by atoms with van der Waals surface area (Å²) in [4.78, 5) is 44.1. The van der Waals surface area contributed by atoms with Gasteiger partial charge in [0, 0.05) is 88.8 Å². The number of rotatable bonds is 27. The van der Waals surface area contributed by atoms with Crippen molar-refractivity contribution in [1.29, 1.82) is 15.8 Å². The fourth-order valence-electron chi connectivity index (χ4n) is 18.7. The van der Waals surface area contributed by atoms with Gasteiger partial charge in [0.2, 0.25) is 47.8 Å². The van der Waals surface area contributed by atoms with Gasteiger partial charge in [0.25, 0.3) is 17.8 Å². The SMILES string of the molecule is N#CC1CCN(C(=O)C(NS(=O)(=O)c2ccc3cc(OC4CCCC4)ccc3c2)C(F)(F)c2ccc(-c3ccc(Cl)cc3)cc2)CC1.N#CC1CCN(C(=O)[C@@H](NS(=O)(=O)c2ccc3cc(OC4CCCC4)ccc3c2)C(F)(F)c2ccc(-c3ccc(Cl)cc3)cc2)CC1.N#CC1CCN(C(=O)[C@H](NS(=O)(=O)c2ccc3cc(OC4CCCC4)ccc3c2)C(F)(F)c2ccc(-c3ccc(Cl)cc3)cc2)CC1. The molecule has 21 nitrogen and oxygen atoms in total. The summed E-state index contributed by atoms with van der Waals surface area (Å²) in [5, 5.41) is 33.4. The van der Waals surface area contributed by atoms with E-state index in [-0.39, 0.29) is 90.0 Å². The van der Waals surface area contributed by atoms with Crippen LogP contribution in [-0.4, -0.2) is 133 Å². The Labute approximate surface area is 830 Å². The summed E-state index contributed by atoms with van der Waals surface area (Å²) in [6.07, 6.45) is 15.1. The van der Waals surface area contributed by atoms with E-state index in [1.54, 1.807) is 127 Å². The summed E-state index contributed by atoms with van der Waals surface area (Å²) in [6, 6.07) is 65.0. The van der Waals surface area contributed by atoms with E-state index in [9.17, 15) is 55.4 Å². The van der Waals surface area contributed by atoms with E-state index in [4.69, 9.17) is 49.0 Å². The Morgan fingerprint density at radius 3 is 0.709 bits per heavy atom. The Kier molecular flexibility index (Phi) is 31.9. The average Bonchev–Trinajstić information content (AvgIpc) is 1.40. The van der Waals surface area contributed by atoms with E-state index in [1.165, 1.54) is 124 Å². The monoisotopic (exact) mass is 2030 g/mol. The van der Waals surface area contributed by atoms with Gasteiger partial charge in [0.05, 0.1) is 51.2 Å². The summed E-state index contributed by atoms with van der Waals surface area (Å²) in [5.41, 5.74) is 2.66. The number of sulfonamides is 3. The average molecular weight is 2030 g/mol. The molecule has 12 aromatic carbocycles. The van der Waals surface area contributed by atoms with Crippen molar-refractivity contribution in [3.05, 3.63) is 287 Å². The van der Waals surface area contributed by atoms with Crippen molar-refractivity contribution in [3.63, 3.8) is 0 Å². The van der Waals surface area contributed by atoms with Gasteiger partial charge in [-0.15, -0.1) is 0 Å². The molecule has 0 spiro atoms. The number of fused-ring (bicyclic) bond motifs is 3. The number of benzene rings is 12. The van der Waals surface area contributed by atoms with Gasteiger partial charge in [0.15, 0.2) is 18.1 Å². The first kappa shape index (κ1) is 102. The van der Waals surface area contributed by atoms with Crippen LogP contribution in [0.5, 0.6) is 17.2 Å². The van der Waals surface area contributed by atoms with Crippen LogP contribution in [0.4, 0.5) is 26.3 Å². The van der Waals surface area contributed by atoms with E-state index >= 15 is 26.3 Å². The van der Waals surface area contributed by atoms with E-state index in [2.05, 4.69) is 32.4 Å². The fraction of sp³-hybridized carbons (Fsp3) is 0.333. The lowest BCUT2D eigenvalue weighted by Gasteiger charge is -2.35. The fourth-order valence-corrected chi connectivity index (χ4v) is 22.8. The molecule has 12 aromatic rings. The van der Waals surface area contributed by atoms with Crippen LogP contribution < -0.4 is 28.4 Å². The largest absolute Gasteiger partial charge is 0.490 e. The number of amides is 3. The van der Waals surface area contributed by atoms with Gasteiger partial charge < -0.3 is 28.9 Å². The van der Waals surface area contributed by atoms with Crippen LogP contribution in [0.2, 0.25) is 15.1 Å². The maximum atomic E-state index is 16.4. The minimum absolute atomic E-state index is 0.0715. The lowest BCUT2D eigenvalue weighted by Crippen LogP contribution is -2.57. The molecule has 3 saturated heterocycles. The number of hydrogen-bond acceptors (Lipinski definition) is 15. The highest BCUT2D eigenvalue weighted by Gasteiger charge is 2.54. The summed E-state index contributed by atoms with van der Waals surface area (Å²) < 4.78 is 205. The first-order valence-electron chi connectivity index (χ1n) is 47.1. The topological polar surface area (TPSA) is 298 Å². The predicted octanol–water partition coefficient (Wildman–Crippen LogP) is 23.0. The molecule has 3 amide bonds. The van der Waals surface area contributed by atoms with Crippen LogP contribution >= 0.6 is 34.8 Å². The highest BCUT2D eigenvalue weighted by Crippen LogP contribution is 2.43. The number of ether oxygens (including phenoxy) is 3. The van der Waals surface area contributed by atoms with E-state index in [0.29, 0.717) is 104 Å². The van der Waals surface area contributed by atoms with Crippen molar-refractivity contribution in [1.82, 2.24) is 28.9 Å². The molecule has 732 valence electrons. The van der Waals surface area contributed by atoms with Crippen LogP contribution in [0.1, 0.15) is 132 Å². The molecule has 0 radical (unpaired) electrons. The number of nitrogens with zero attached hydrogens (tertiary/aromatic N) is 6. The molecule has 3 heterocycles. The van der Waals surface area contributed by atoms with Crippen molar-refractivity contribution in [2.75, 3.05) is 39.3 Å². The van der Waals surface area contributed by atoms with Crippen LogP contribution in [0.3, 0.4) is 0 Å². The van der Waals surface area contributed by atoms with Gasteiger partial charge in [-0.3, -0.25) is 14.4 Å². The smallest absolute Gasteiger partial charge is 0.298 e. The molecule has 3 atom stereocenters. The Morgan fingerprint density at radius 2 is 0.496 bits per heavy atom. The van der Waals surface area contributed by atoms with Gasteiger partial charge in [-0.05, 0) is 290 Å². The number of nitrogens with one attached hydrogen (secondary N) is 3. The number of alkyl halides is 6. The number of halogens is 9. The molecule has 3 saturated carbocycles. The molecule has 3 N–H and O–H groups in total. The maximum Gasteiger partial charge on any atom is 0.298 e. The molecule has 0 aromatic heterocycles. The van der Waals surface area contributed by atoms with Crippen molar-refractivity contribution in [3.8, 4) is 68.8 Å². The maximum absolute atomic E-state index is 16.4. The molecule has 33 heteroatoms. The van der Waals surface area contributed by atoms with Crippen LogP contribution in [0, 0.1) is 51.7 Å². The second-order valence-electron chi connectivity index (χ2n) is 36.6. The third-order valence-electron chi connectivity index (χ3n) is 27.1. The number of carbonyl (C=O) groups excluding carboxylic acids is 3. The van der Waals surface area contributed by atoms with Crippen molar-refractivity contribution in [2.45, 2.75) is 184 Å². The van der Waals surface area contributed by atoms with E-state index in [1.807, 2.05) is 18.2 Å². The minimum Gasteiger partial charge on any atom is -0.490 e. The Hall–Kier alpha value is -12.1. The third kappa shape index (κ3) is 24.5. The normalized spacial score (nSPS) is 17.0. The number of piperidine rings is 3. The van der Waals surface area contributed by atoms with Crippen LogP contribution in [0.25, 0.3) is 65.7 Å². The first-order chi connectivity index (χ1) is 67.6. The van der Waals surface area contributed by atoms with Crippen molar-refractivity contribution >= 4 is 115 Å². The summed E-state index contributed by atoms with van der Waals surface area (Å²) >= 11 is 17.9. The van der Waals surface area contributed by atoms with Crippen molar-refractivity contribution < 1.29 is 80.2 Å². The molecule has 18 rings (SSSR count). The molecule has 6 fully saturated rings. The van der Waals surface area contributed by atoms with Gasteiger partial charge in [-0.25, -0.2) is 25.3 Å². The molecule has 3 aliphatic carbocycles. The summed E-state index contributed by atoms with van der Waals surface area (Å²) in [6.45, 7) is 0.429. The molecule has 6 aliphatic rings. The minimum atomic E-state index is -4.60. The second kappa shape index (κ2) is 44.2. The quantitative estimate of drug-likeness (QED) is 0.0403. The van der Waals surface area contributed by atoms with Gasteiger partial charge in [-0.1, -0.05) is 180 Å². The zero-order valence-corrected chi connectivity index (χ0v) is 81.3. The predicted molar refractivity (Wildman–Crippen MR) is 530 cm³/mol. The number of carbonyl (C=O) groups is 3. The first-order valence-corrected chi connectivity index (χ1v) is 52.6. The van der Waals surface area contributed by atoms with Crippen LogP contribution in [0.15, 0.2) is 269 Å². The van der Waals surface area contributed by atoms with Gasteiger partial charge in [-0.2, -0.15) is 56.3 Å². The number of hydrogen-bond donors (Lipinski definition) is 3. The van der Waals surface area contributed by atoms with Crippen molar-refractivity contribution in [2.24, 2.45) is 17.8 Å². The highest BCUT2D eigenvalue weighted by molar-refractivity contribution is 7.90. The summed E-state index contributed by atoms with van der Waals surface area (Å²) in [7, 11) is -13.8. The van der Waals surface area contributed by atoms with Crippen LogP contribution in [-0.2, 0) is 62.2 Å². The van der Waals surface area contributed by atoms with E-state index in [0.717, 1.165) is 110 Å². The highest BCUT2D eigenvalue weighted by atomic mass is 35.5. The Bertz CT molecular complexity index is 6370. The molecule has 141 heavy (non-hydrogen) atoms. The molecular weight excluding hydrogens is 1930 g/mol. The lowest BCUT2D eigenvalue weighted by molar-refractivity contribution is -0.146. The van der Waals surface area contributed by atoms with E-state index < -0.39 is 100 Å². The standard InChI is InChI=1S/3C36H34ClF2N3O4S/c3*37-30-13-7-26(8-14-30)25-5-11-29(12-6-25)36(38,39)34(35(43)42-19-17-24(23-40)18-20-42)41-47(44,45)33-16-10-27-21-32(15-9-28(27)22-33)46-31-3-1-2-4-31/h3*5-16,21-22,24,31,34,41H,1-4,17-20H2/t2*34-;/m10./s1. The Balaban J connectivity index is 0.000000152. The second-order valence-corrected chi connectivity index (χ2v) is 43.0. The molecule has 3 aliphatic heterocycles. The Morgan fingerprint density at radius 1 is 0.298 bits per heavy atom. The third-order valence-corrected chi connectivity index (χ3v) is 32.1. The van der Waals surface area contributed by atoms with Gasteiger partial charge >= 0.3 is 0 Å². The zero-order valence-electron chi connectivity index (χ0n) is 76.6. The lowest BCUT2D eigenvalue weighted by atomic mass is 9.95. The number of likely N-dealkylation sites (tertiary alicyclic amines) is 3. The number of nitriles is 3. The van der Waals surface area contributed by atoms with Gasteiger partial charge in [0.1, 0.15) is 17.2 Å². The molecule has 0 bridgehead atoms. The molecular formula is C108H102Cl3F6N9O12S3. The zero-order chi connectivity index (χ0) is 99.5. The summed E-state index contributed by atoms with van der Waals surface area (Å²) in [5.74, 6) is -13.7.